The van der Waals surface area contributed by atoms with Crippen LogP contribution >= 0.6 is 0 Å². The zero-order valence-corrected chi connectivity index (χ0v) is 17.2. The summed E-state index contributed by atoms with van der Waals surface area (Å²) in [6, 6.07) is 11.9. The van der Waals surface area contributed by atoms with Crippen molar-refractivity contribution >= 4 is 17.4 Å². The first-order chi connectivity index (χ1) is 14.1. The Bertz CT molecular complexity index is 979. The van der Waals surface area contributed by atoms with Gasteiger partial charge in [-0.05, 0) is 62.9 Å². The lowest BCUT2D eigenvalue weighted by molar-refractivity contribution is 0.164. The first kappa shape index (κ1) is 19.5. The number of aryl methyl sites for hydroxylation is 2. The number of benzene rings is 1. The number of carbonyl (C=O) groups excluding carboxylic acids is 1. The van der Waals surface area contributed by atoms with Crippen LogP contribution in [0, 0.1) is 19.8 Å². The Morgan fingerprint density at radius 3 is 2.76 bits per heavy atom. The van der Waals surface area contributed by atoms with Crippen LogP contribution in [0.15, 0.2) is 48.8 Å². The molecule has 0 unspecified atom stereocenters. The van der Waals surface area contributed by atoms with Gasteiger partial charge in [-0.25, -0.2) is 9.78 Å². The van der Waals surface area contributed by atoms with E-state index in [1.807, 2.05) is 37.4 Å². The lowest BCUT2D eigenvalue weighted by atomic mass is 9.98. The van der Waals surface area contributed by atoms with E-state index in [2.05, 4.69) is 50.2 Å². The quantitative estimate of drug-likeness (QED) is 0.691. The van der Waals surface area contributed by atoms with Gasteiger partial charge < -0.3 is 15.0 Å². The highest BCUT2D eigenvalue weighted by Crippen LogP contribution is 2.19. The van der Waals surface area contributed by atoms with Gasteiger partial charge in [-0.15, -0.1) is 0 Å². The zero-order valence-electron chi connectivity index (χ0n) is 17.2. The van der Waals surface area contributed by atoms with Crippen molar-refractivity contribution in [2.24, 2.45) is 5.92 Å². The van der Waals surface area contributed by atoms with Crippen LogP contribution < -0.4 is 10.6 Å². The van der Waals surface area contributed by atoms with E-state index in [1.54, 1.807) is 0 Å². The van der Waals surface area contributed by atoms with Gasteiger partial charge in [-0.3, -0.25) is 4.90 Å². The number of piperidine rings is 1. The molecule has 3 aromatic rings. The molecule has 1 aromatic carbocycles. The fourth-order valence-corrected chi connectivity index (χ4v) is 3.99. The average Bonchev–Trinajstić information content (AvgIpc) is 3.10. The van der Waals surface area contributed by atoms with Crippen LogP contribution in [-0.2, 0) is 6.54 Å². The van der Waals surface area contributed by atoms with E-state index < -0.39 is 0 Å². The number of hydrogen-bond acceptors (Lipinski definition) is 3. The van der Waals surface area contributed by atoms with Crippen LogP contribution in [0.4, 0.5) is 10.5 Å². The number of likely N-dealkylation sites (tertiary alicyclic amines) is 1. The van der Waals surface area contributed by atoms with Crippen molar-refractivity contribution in [3.8, 4) is 0 Å². The Morgan fingerprint density at radius 1 is 1.14 bits per heavy atom. The summed E-state index contributed by atoms with van der Waals surface area (Å²) in [7, 11) is 0. The second kappa shape index (κ2) is 8.66. The predicted octanol–water partition coefficient (Wildman–Crippen LogP) is 3.98. The Hall–Kier alpha value is -2.86. The molecule has 0 spiro atoms. The molecule has 2 N–H and O–H groups in total. The molecule has 6 heteroatoms. The summed E-state index contributed by atoms with van der Waals surface area (Å²) in [4.78, 5) is 19.2. The molecule has 0 aliphatic carbocycles. The van der Waals surface area contributed by atoms with Crippen molar-refractivity contribution < 1.29 is 4.79 Å². The molecule has 1 saturated heterocycles. The van der Waals surface area contributed by atoms with Crippen LogP contribution in [0.1, 0.15) is 29.7 Å². The number of amides is 2. The SMILES string of the molecule is Cc1ccc(NC(=O)NC[C@@H]2CCCN(Cc3cnc4ccc(C)cn34)C2)cc1. The van der Waals surface area contributed by atoms with Crippen LogP contribution in [0.3, 0.4) is 0 Å². The standard InChI is InChI=1S/C23H29N5O/c1-17-5-8-20(9-6-17)26-23(29)25-12-19-4-3-11-27(15-19)16-21-13-24-22-10-7-18(2)14-28(21)22/h5-10,13-14,19H,3-4,11-12,15-16H2,1-2H3,(H2,25,26,29)/t19-/m0/s1. The van der Waals surface area contributed by atoms with Gasteiger partial charge in [-0.2, -0.15) is 0 Å². The third-order valence-corrected chi connectivity index (χ3v) is 5.58. The maximum absolute atomic E-state index is 12.2. The minimum atomic E-state index is -0.136. The molecule has 1 atom stereocenters. The van der Waals surface area contributed by atoms with E-state index in [4.69, 9.17) is 0 Å². The minimum absolute atomic E-state index is 0.136. The number of pyridine rings is 1. The van der Waals surface area contributed by atoms with Gasteiger partial charge in [-0.1, -0.05) is 23.8 Å². The highest BCUT2D eigenvalue weighted by molar-refractivity contribution is 5.89. The van der Waals surface area contributed by atoms with Gasteiger partial charge in [0.25, 0.3) is 0 Å². The van der Waals surface area contributed by atoms with E-state index in [0.29, 0.717) is 12.5 Å². The Morgan fingerprint density at radius 2 is 1.93 bits per heavy atom. The first-order valence-electron chi connectivity index (χ1n) is 10.3. The van der Waals surface area contributed by atoms with Gasteiger partial charge in [0.05, 0.1) is 11.9 Å². The summed E-state index contributed by atoms with van der Waals surface area (Å²) >= 11 is 0. The third-order valence-electron chi connectivity index (χ3n) is 5.58. The maximum atomic E-state index is 12.2. The summed E-state index contributed by atoms with van der Waals surface area (Å²) < 4.78 is 2.19. The maximum Gasteiger partial charge on any atom is 0.319 e. The summed E-state index contributed by atoms with van der Waals surface area (Å²) in [6.45, 7) is 7.80. The van der Waals surface area contributed by atoms with Crippen molar-refractivity contribution in [1.29, 1.82) is 0 Å². The number of fused-ring (bicyclic) bond motifs is 1. The van der Waals surface area contributed by atoms with Crippen molar-refractivity contribution in [1.82, 2.24) is 19.6 Å². The summed E-state index contributed by atoms with van der Waals surface area (Å²) in [6.07, 6.45) is 6.43. The molecule has 0 saturated carbocycles. The second-order valence-electron chi connectivity index (χ2n) is 8.13. The number of nitrogens with zero attached hydrogens (tertiary/aromatic N) is 3. The summed E-state index contributed by atoms with van der Waals surface area (Å²) in [5.41, 5.74) is 5.45. The Labute approximate surface area is 171 Å². The third kappa shape index (κ3) is 4.95. The highest BCUT2D eigenvalue weighted by Gasteiger charge is 2.21. The topological polar surface area (TPSA) is 61.7 Å². The highest BCUT2D eigenvalue weighted by atomic mass is 16.2. The molecule has 1 fully saturated rings. The van der Waals surface area contributed by atoms with Crippen LogP contribution in [-0.4, -0.2) is 39.9 Å². The first-order valence-corrected chi connectivity index (χ1v) is 10.3. The second-order valence-corrected chi connectivity index (χ2v) is 8.13. The average molecular weight is 392 g/mol. The van der Waals surface area contributed by atoms with Gasteiger partial charge in [0.2, 0.25) is 0 Å². The molecule has 3 heterocycles. The monoisotopic (exact) mass is 391 g/mol. The molecule has 0 radical (unpaired) electrons. The van der Waals surface area contributed by atoms with Gasteiger partial charge >= 0.3 is 6.03 Å². The normalized spacial score (nSPS) is 17.4. The van der Waals surface area contributed by atoms with Crippen molar-refractivity contribution in [2.45, 2.75) is 33.2 Å². The van der Waals surface area contributed by atoms with E-state index >= 15 is 0 Å². The van der Waals surface area contributed by atoms with Crippen molar-refractivity contribution in [3.63, 3.8) is 0 Å². The largest absolute Gasteiger partial charge is 0.338 e. The molecule has 6 nitrogen and oxygen atoms in total. The van der Waals surface area contributed by atoms with Crippen LogP contribution in [0.25, 0.3) is 5.65 Å². The van der Waals surface area contributed by atoms with Gasteiger partial charge in [0.15, 0.2) is 0 Å². The number of urea groups is 1. The fraction of sp³-hybridized carbons (Fsp3) is 0.391. The van der Waals surface area contributed by atoms with Crippen LogP contribution in [0.5, 0.6) is 0 Å². The number of anilines is 1. The van der Waals surface area contributed by atoms with E-state index in [-0.39, 0.29) is 6.03 Å². The zero-order chi connectivity index (χ0) is 20.2. The number of hydrogen-bond donors (Lipinski definition) is 2. The predicted molar refractivity (Wildman–Crippen MR) is 116 cm³/mol. The number of aromatic nitrogens is 2. The lowest BCUT2D eigenvalue weighted by Gasteiger charge is -2.32. The number of nitrogens with one attached hydrogen (secondary N) is 2. The molecule has 29 heavy (non-hydrogen) atoms. The smallest absolute Gasteiger partial charge is 0.319 e. The summed E-state index contributed by atoms with van der Waals surface area (Å²) in [5.74, 6) is 0.466. The van der Waals surface area contributed by atoms with Crippen LogP contribution in [0.2, 0.25) is 0 Å². The molecule has 4 rings (SSSR count). The Balaban J connectivity index is 1.29. The number of rotatable bonds is 5. The molecular formula is C23H29N5O. The molecular weight excluding hydrogens is 362 g/mol. The van der Waals surface area contributed by atoms with E-state index in [1.165, 1.54) is 16.8 Å². The molecule has 1 aliphatic rings. The minimum Gasteiger partial charge on any atom is -0.338 e. The molecule has 152 valence electrons. The lowest BCUT2D eigenvalue weighted by Crippen LogP contribution is -2.41. The molecule has 2 amide bonds. The number of carbonyl (C=O) groups is 1. The van der Waals surface area contributed by atoms with E-state index in [0.717, 1.165) is 43.8 Å². The molecule has 1 aliphatic heterocycles. The molecule has 0 bridgehead atoms. The van der Waals surface area contributed by atoms with Gasteiger partial charge in [0.1, 0.15) is 5.65 Å². The van der Waals surface area contributed by atoms with E-state index in [9.17, 15) is 4.79 Å². The van der Waals surface area contributed by atoms with Crippen molar-refractivity contribution in [2.75, 3.05) is 25.0 Å². The fourth-order valence-electron chi connectivity index (χ4n) is 3.99. The summed E-state index contributed by atoms with van der Waals surface area (Å²) in [5, 5.41) is 5.94. The van der Waals surface area contributed by atoms with Crippen molar-refractivity contribution in [3.05, 3.63) is 65.6 Å². The molecule has 2 aromatic heterocycles. The Kier molecular flexibility index (Phi) is 5.81. The number of imidazole rings is 1. The van der Waals surface area contributed by atoms with Gasteiger partial charge in [0, 0.05) is 31.5 Å².